The predicted molar refractivity (Wildman–Crippen MR) is 279 cm³/mol. The number of anilines is 2. The van der Waals surface area contributed by atoms with E-state index >= 15 is 8.78 Å². The van der Waals surface area contributed by atoms with Crippen LogP contribution in [0.15, 0.2) is 60.3 Å². The molecule has 13 nitrogen and oxygen atoms in total. The molecule has 0 bridgehead atoms. The van der Waals surface area contributed by atoms with Gasteiger partial charge in [-0.2, -0.15) is 5.10 Å². The van der Waals surface area contributed by atoms with Crippen molar-refractivity contribution in [1.82, 2.24) is 35.2 Å². The molecule has 1 spiro atoms. The summed E-state index contributed by atoms with van der Waals surface area (Å²) in [6, 6.07) is 14.4. The Morgan fingerprint density at radius 1 is 1.10 bits per heavy atom. The SMILES string of the molecule is C=C(C)N1CCc2c(c(N(CCCC)c3ccc(C4CC5(C4)CN(CC(C(CCCNC=O)C(=O)NCc4ccc(-c6scnc6C)cc4)C(C)(C)C)C5)c(C(F)F)c3)nn2C2CCOCC2)C1.NC=O. The fraction of sp³-hybridized carbons (Fsp3) is 0.582. The minimum absolute atomic E-state index is 0.0370. The second kappa shape index (κ2) is 24.0. The lowest BCUT2D eigenvalue weighted by Crippen LogP contribution is -2.63. The van der Waals surface area contributed by atoms with Crippen molar-refractivity contribution in [1.29, 1.82) is 0 Å². The molecule has 3 amide bonds. The molecule has 2 unspecified atom stereocenters. The molecule has 71 heavy (non-hydrogen) atoms. The van der Waals surface area contributed by atoms with Crippen LogP contribution in [0.25, 0.3) is 10.4 Å². The van der Waals surface area contributed by atoms with Crippen molar-refractivity contribution in [2.75, 3.05) is 57.4 Å². The number of aromatic nitrogens is 3. The topological polar surface area (TPSA) is 151 Å². The summed E-state index contributed by atoms with van der Waals surface area (Å²) in [4.78, 5) is 46.4. The predicted octanol–water partition coefficient (Wildman–Crippen LogP) is 9.84. The van der Waals surface area contributed by atoms with Crippen molar-refractivity contribution in [2.45, 2.75) is 131 Å². The minimum Gasteiger partial charge on any atom is -0.381 e. The lowest BCUT2D eigenvalue weighted by Gasteiger charge is -2.61. The second-order valence-corrected chi connectivity index (χ2v) is 22.3. The number of thiazole rings is 1. The molecule has 4 N–H and O–H groups in total. The summed E-state index contributed by atoms with van der Waals surface area (Å²) in [5, 5.41) is 11.4. The van der Waals surface area contributed by atoms with E-state index < -0.39 is 6.43 Å². The number of unbranched alkanes of at least 4 members (excludes halogenated alkanes) is 1. The Balaban J connectivity index is 0.00000241. The first-order valence-electron chi connectivity index (χ1n) is 25.7. The van der Waals surface area contributed by atoms with Crippen molar-refractivity contribution in [2.24, 2.45) is 28.4 Å². The third-order valence-electron chi connectivity index (χ3n) is 15.4. The van der Waals surface area contributed by atoms with Crippen LogP contribution in [0.5, 0.6) is 0 Å². The van der Waals surface area contributed by atoms with Gasteiger partial charge >= 0.3 is 0 Å². The zero-order valence-electron chi connectivity index (χ0n) is 42.9. The van der Waals surface area contributed by atoms with Gasteiger partial charge in [0.25, 0.3) is 6.43 Å². The fourth-order valence-corrected chi connectivity index (χ4v) is 12.4. The maximum Gasteiger partial charge on any atom is 0.264 e. The number of rotatable bonds is 21. The Kier molecular flexibility index (Phi) is 18.1. The summed E-state index contributed by atoms with van der Waals surface area (Å²) < 4.78 is 38.5. The van der Waals surface area contributed by atoms with Gasteiger partial charge in [0.1, 0.15) is 0 Å². The van der Waals surface area contributed by atoms with Crippen LogP contribution < -0.4 is 21.3 Å². The van der Waals surface area contributed by atoms with Crippen LogP contribution in [-0.2, 0) is 38.6 Å². The molecule has 16 heteroatoms. The van der Waals surface area contributed by atoms with E-state index in [4.69, 9.17) is 14.6 Å². The highest BCUT2D eigenvalue weighted by Crippen LogP contribution is 2.58. The molecule has 2 atom stereocenters. The molecule has 0 radical (unpaired) electrons. The number of allylic oxidation sites excluding steroid dienone is 1. The molecule has 386 valence electrons. The van der Waals surface area contributed by atoms with Crippen LogP contribution in [0.4, 0.5) is 20.3 Å². The number of ether oxygens (including phenoxy) is 1. The van der Waals surface area contributed by atoms with E-state index in [0.717, 1.165) is 129 Å². The first-order chi connectivity index (χ1) is 34.1. The summed E-state index contributed by atoms with van der Waals surface area (Å²) in [7, 11) is 0. The molecule has 2 aromatic carbocycles. The van der Waals surface area contributed by atoms with Crippen molar-refractivity contribution in [3.05, 3.63) is 93.9 Å². The van der Waals surface area contributed by atoms with Gasteiger partial charge in [-0.3, -0.25) is 19.1 Å². The van der Waals surface area contributed by atoms with Crippen LogP contribution in [0.1, 0.15) is 138 Å². The number of nitrogens with one attached hydrogen (secondary N) is 2. The second-order valence-electron chi connectivity index (χ2n) is 21.4. The van der Waals surface area contributed by atoms with Crippen LogP contribution in [0, 0.1) is 29.6 Å². The van der Waals surface area contributed by atoms with Crippen molar-refractivity contribution in [3.63, 3.8) is 0 Å². The average Bonchev–Trinajstić information content (AvgIpc) is 3.94. The Labute approximate surface area is 424 Å². The van der Waals surface area contributed by atoms with Gasteiger partial charge in [-0.25, -0.2) is 13.8 Å². The summed E-state index contributed by atoms with van der Waals surface area (Å²) >= 11 is 1.63. The summed E-state index contributed by atoms with van der Waals surface area (Å²) in [5.74, 6) is 0.814. The van der Waals surface area contributed by atoms with E-state index in [1.54, 1.807) is 17.4 Å². The van der Waals surface area contributed by atoms with Gasteiger partial charge in [0.15, 0.2) is 5.82 Å². The highest BCUT2D eigenvalue weighted by atomic mass is 32.1. The number of halogens is 2. The van der Waals surface area contributed by atoms with Crippen LogP contribution in [-0.4, -0.2) is 95.8 Å². The molecule has 4 aliphatic rings. The number of amides is 3. The molecular weight excluding hydrogens is 921 g/mol. The summed E-state index contributed by atoms with van der Waals surface area (Å²) in [5.41, 5.74) is 14.3. The van der Waals surface area contributed by atoms with Crippen molar-refractivity contribution in [3.8, 4) is 10.4 Å². The fourth-order valence-electron chi connectivity index (χ4n) is 11.6. The number of primary amides is 1. The smallest absolute Gasteiger partial charge is 0.264 e. The third kappa shape index (κ3) is 12.7. The maximum absolute atomic E-state index is 15.3. The van der Waals surface area contributed by atoms with Crippen LogP contribution >= 0.6 is 11.3 Å². The first-order valence-corrected chi connectivity index (χ1v) is 26.6. The van der Waals surface area contributed by atoms with Crippen molar-refractivity contribution >= 4 is 41.6 Å². The lowest BCUT2D eigenvalue weighted by molar-refractivity contribution is -0.132. The Bertz CT molecular complexity index is 2410. The molecular formula is C55H77F2N9O4S. The molecule has 3 fully saturated rings. The number of aryl methyl sites for hydroxylation is 1. The standard InChI is InChI=1S/C54H74F2N8O3S.CH3NO/c1-8-9-22-63(51-46-30-62(36(2)3)23-18-48(46)64(60-51)41-19-24-67-25-20-41)42-16-17-43(45(26-42)50(55)56)40-27-54(28-40)32-61(33-54)31-47(53(5,6)7)44(11-10-21-57-34-65)52(66)58-29-38-12-14-39(15-13-38)49-37(4)59-35-68-49;2-1-3/h12-17,26,34-35,40-41,44,47,50H,2,8-11,18-25,27-33H2,1,3-7H3,(H,57,65)(H,58,66);1H,(H2,2,3). The van der Waals surface area contributed by atoms with Gasteiger partial charge in [-0.15, -0.1) is 11.3 Å². The number of likely N-dealkylation sites (tertiary alicyclic amines) is 1. The molecule has 4 aromatic rings. The number of alkyl halides is 2. The summed E-state index contributed by atoms with van der Waals surface area (Å²) in [6.07, 6.45) is 6.09. The largest absolute Gasteiger partial charge is 0.381 e. The van der Waals surface area contributed by atoms with Crippen LogP contribution in [0.3, 0.4) is 0 Å². The number of benzene rings is 2. The zero-order chi connectivity index (χ0) is 50.9. The summed E-state index contributed by atoms with van der Waals surface area (Å²) in [6.45, 7) is 24.4. The Hall–Kier alpha value is -5.19. The zero-order valence-corrected chi connectivity index (χ0v) is 43.7. The number of nitrogens with zero attached hydrogens (tertiary/aromatic N) is 6. The number of carbonyl (C=O) groups is 3. The monoisotopic (exact) mass is 998 g/mol. The third-order valence-corrected chi connectivity index (χ3v) is 16.4. The lowest BCUT2D eigenvalue weighted by atomic mass is 9.55. The van der Waals surface area contributed by atoms with E-state index in [1.807, 2.05) is 18.5 Å². The van der Waals surface area contributed by atoms with Gasteiger partial charge in [0, 0.05) is 106 Å². The van der Waals surface area contributed by atoms with Gasteiger partial charge in [-0.1, -0.05) is 71.0 Å². The molecule has 8 rings (SSSR count). The normalized spacial score (nSPS) is 17.8. The van der Waals surface area contributed by atoms with E-state index in [2.05, 4.69) is 112 Å². The van der Waals surface area contributed by atoms with E-state index in [0.29, 0.717) is 45.4 Å². The highest BCUT2D eigenvalue weighted by Gasteiger charge is 2.54. The molecule has 2 saturated heterocycles. The number of hydrogen-bond acceptors (Lipinski definition) is 10. The van der Waals surface area contributed by atoms with Gasteiger partial charge in [0.2, 0.25) is 18.7 Å². The molecule has 1 aliphatic carbocycles. The van der Waals surface area contributed by atoms with E-state index in [1.165, 1.54) is 11.3 Å². The number of nitrogens with two attached hydrogens (primary N) is 1. The minimum atomic E-state index is -2.59. The highest BCUT2D eigenvalue weighted by molar-refractivity contribution is 7.13. The molecule has 2 aromatic heterocycles. The number of carbonyl (C=O) groups excluding carboxylic acids is 3. The van der Waals surface area contributed by atoms with Gasteiger partial charge in [0.05, 0.1) is 22.1 Å². The average molecular weight is 998 g/mol. The maximum atomic E-state index is 15.3. The Morgan fingerprint density at radius 3 is 2.44 bits per heavy atom. The Morgan fingerprint density at radius 2 is 1.82 bits per heavy atom. The van der Waals surface area contributed by atoms with E-state index in [9.17, 15) is 9.59 Å². The molecule has 1 saturated carbocycles. The van der Waals surface area contributed by atoms with E-state index in [-0.39, 0.29) is 52.5 Å². The number of hydrogen-bond donors (Lipinski definition) is 3. The van der Waals surface area contributed by atoms with Crippen LogP contribution in [0.2, 0.25) is 0 Å². The molecule has 3 aliphatic heterocycles. The quantitative estimate of drug-likeness (QED) is 0.0548. The number of fused-ring (bicyclic) bond motifs is 1. The molecule has 5 heterocycles. The van der Waals surface area contributed by atoms with Gasteiger partial charge in [-0.05, 0) is 110 Å². The van der Waals surface area contributed by atoms with Gasteiger partial charge < -0.3 is 35.8 Å². The first kappa shape index (κ1) is 53.6. The van der Waals surface area contributed by atoms with Crippen molar-refractivity contribution < 1.29 is 27.9 Å².